The molecule has 0 amide bonds. The molecule has 14 nitrogen and oxygen atoms in total. The van der Waals surface area contributed by atoms with E-state index >= 15 is 0 Å². The smallest absolute Gasteiger partial charge is 0.333 e. The van der Waals surface area contributed by atoms with Crippen LogP contribution in [-0.2, 0) is 32.7 Å². The number of hydrogen-bond acceptors (Lipinski definition) is 14. The highest BCUT2D eigenvalue weighted by Crippen LogP contribution is 2.65. The quantitative estimate of drug-likeness (QED) is 0.192. The topological polar surface area (TPSA) is 168 Å². The molecule has 9 heterocycles. The Bertz CT molecular complexity index is 2480. The van der Waals surface area contributed by atoms with Gasteiger partial charge in [-0.1, -0.05) is 6.07 Å². The number of fused-ring (bicyclic) bond motifs is 8. The van der Waals surface area contributed by atoms with Crippen molar-refractivity contribution in [3.05, 3.63) is 68.9 Å². The van der Waals surface area contributed by atoms with Crippen LogP contribution < -0.4 is 29.0 Å². The predicted octanol–water partition coefficient (Wildman–Crippen LogP) is 4.76. The number of aryl methyl sites for hydroxylation is 1. The van der Waals surface area contributed by atoms with Crippen molar-refractivity contribution < 1.29 is 43.1 Å². The fourth-order valence-corrected chi connectivity index (χ4v) is 12.5. The van der Waals surface area contributed by atoms with E-state index < -0.39 is 46.4 Å². The summed E-state index contributed by atoms with van der Waals surface area (Å²) >= 11 is 1.54. The van der Waals surface area contributed by atoms with E-state index in [-0.39, 0.29) is 24.9 Å². The second kappa shape index (κ2) is 12.7. The molecule has 57 heavy (non-hydrogen) atoms. The van der Waals surface area contributed by atoms with Crippen molar-refractivity contribution in [1.29, 1.82) is 5.26 Å². The van der Waals surface area contributed by atoms with E-state index in [2.05, 4.69) is 26.2 Å². The summed E-state index contributed by atoms with van der Waals surface area (Å²) in [5, 5.41) is 27.7. The minimum Gasteiger partial charge on any atom is -0.504 e. The number of esters is 2. The molecule has 8 aliphatic heterocycles. The van der Waals surface area contributed by atoms with E-state index in [4.69, 9.17) is 28.4 Å². The Labute approximate surface area is 333 Å². The average molecular weight is 794 g/mol. The molecular weight excluding hydrogens is 751 g/mol. The van der Waals surface area contributed by atoms with Crippen molar-refractivity contribution >= 4 is 34.6 Å². The van der Waals surface area contributed by atoms with E-state index in [0.29, 0.717) is 65.6 Å². The number of hydrogen-bond donors (Lipinski definition) is 3. The molecule has 1 aromatic heterocycles. The summed E-state index contributed by atoms with van der Waals surface area (Å²) in [6.07, 6.45) is 0.975. The third kappa shape index (κ3) is 4.81. The molecule has 296 valence electrons. The lowest BCUT2D eigenvalue weighted by Crippen LogP contribution is -2.69. The van der Waals surface area contributed by atoms with Crippen LogP contribution in [0.1, 0.15) is 68.9 Å². The van der Waals surface area contributed by atoms with Gasteiger partial charge < -0.3 is 38.5 Å². The Kier molecular flexibility index (Phi) is 8.06. The number of phenolic OH excluding ortho intramolecular Hbond substituents is 1. The number of aromatic hydroxyl groups is 1. The standard InChI is InChI=1S/C42H43N5O9S/c1-19-11-22-13-41(15-43)16-46(4)31(28(22)33(49)34(19)52-6)32-38-30-29(37-36(54-18-55-37)20(2)35(30)56-21(3)48)27(47(32)41)14-53-40(50)42(17-57-38)39-24(9-10-44-42)25-12-23(51-5)7-8-26(25)45-39/h7-8,11-12,27,31-32,38,44-45,49H,9-10,13-14,16-18H2,1-6H3/t27-,31-,32+,38+,41?,42+/m0/s1. The molecule has 15 heteroatoms. The summed E-state index contributed by atoms with van der Waals surface area (Å²) in [6, 6.07) is 8.90. The number of carbonyl (C=O) groups excluding carboxylic acids is 2. The first-order valence-electron chi connectivity index (χ1n) is 19.1. The fourth-order valence-electron chi connectivity index (χ4n) is 10.9. The summed E-state index contributed by atoms with van der Waals surface area (Å²) < 4.78 is 36.5. The van der Waals surface area contributed by atoms with E-state index in [9.17, 15) is 20.0 Å². The van der Waals surface area contributed by atoms with Crippen LogP contribution in [0.5, 0.6) is 34.5 Å². The lowest BCUT2D eigenvalue weighted by molar-refractivity contribution is -0.158. The van der Waals surface area contributed by atoms with E-state index in [1.807, 2.05) is 45.2 Å². The molecule has 1 spiro atoms. The summed E-state index contributed by atoms with van der Waals surface area (Å²) in [5.41, 5.74) is 4.50. The molecule has 8 aliphatic rings. The van der Waals surface area contributed by atoms with Gasteiger partial charge in [-0.25, -0.2) is 4.79 Å². The Balaban J connectivity index is 1.25. The van der Waals surface area contributed by atoms with Crippen LogP contribution in [-0.4, -0.2) is 96.9 Å². The Hall–Kier alpha value is -5.14. The summed E-state index contributed by atoms with van der Waals surface area (Å²) in [7, 11) is 5.17. The van der Waals surface area contributed by atoms with Crippen LogP contribution >= 0.6 is 11.8 Å². The van der Waals surface area contributed by atoms with Crippen molar-refractivity contribution in [2.75, 3.05) is 53.5 Å². The van der Waals surface area contributed by atoms with Crippen LogP contribution in [0, 0.1) is 25.2 Å². The number of thioether (sulfide) groups is 1. The number of likely N-dealkylation sites (N-methyl/N-ethyl adjacent to an activating group) is 1. The van der Waals surface area contributed by atoms with Gasteiger partial charge in [-0.05, 0) is 62.2 Å². The number of phenols is 1. The van der Waals surface area contributed by atoms with Gasteiger partial charge in [-0.2, -0.15) is 5.26 Å². The maximum Gasteiger partial charge on any atom is 0.333 e. The zero-order valence-corrected chi connectivity index (χ0v) is 33.3. The number of methoxy groups -OCH3 is 2. The van der Waals surface area contributed by atoms with E-state index in [0.717, 1.165) is 44.6 Å². The van der Waals surface area contributed by atoms with Crippen LogP contribution in [0.4, 0.5) is 0 Å². The van der Waals surface area contributed by atoms with Crippen molar-refractivity contribution in [2.45, 2.75) is 68.1 Å². The Morgan fingerprint density at radius 1 is 1.09 bits per heavy atom. The number of benzene rings is 3. The molecule has 7 atom stereocenters. The monoisotopic (exact) mass is 793 g/mol. The summed E-state index contributed by atoms with van der Waals surface area (Å²) in [4.78, 5) is 35.9. The van der Waals surface area contributed by atoms with Crippen LogP contribution in [0.25, 0.3) is 10.9 Å². The number of nitriles is 1. The van der Waals surface area contributed by atoms with Gasteiger partial charge in [0.1, 0.15) is 23.6 Å². The van der Waals surface area contributed by atoms with Gasteiger partial charge >= 0.3 is 11.9 Å². The van der Waals surface area contributed by atoms with Crippen LogP contribution in [0.15, 0.2) is 24.3 Å². The predicted molar refractivity (Wildman–Crippen MR) is 208 cm³/mol. The number of rotatable bonds is 3. The maximum absolute atomic E-state index is 15.0. The number of nitrogens with zero attached hydrogens (tertiary/aromatic N) is 3. The normalized spacial score (nSPS) is 29.4. The average Bonchev–Trinajstić information content (AvgIpc) is 3.78. The van der Waals surface area contributed by atoms with Crippen molar-refractivity contribution in [1.82, 2.24) is 20.1 Å². The number of aromatic nitrogens is 1. The fraction of sp³-hybridized carbons (Fsp3) is 0.452. The molecule has 2 saturated heterocycles. The molecule has 4 bridgehead atoms. The zero-order chi connectivity index (χ0) is 39.7. The zero-order valence-electron chi connectivity index (χ0n) is 32.5. The van der Waals surface area contributed by atoms with Crippen molar-refractivity contribution in [2.24, 2.45) is 0 Å². The second-order valence-electron chi connectivity index (χ2n) is 16.0. The van der Waals surface area contributed by atoms with Gasteiger partial charge in [-0.3, -0.25) is 19.9 Å². The molecule has 4 aromatic rings. The van der Waals surface area contributed by atoms with Crippen molar-refractivity contribution in [3.63, 3.8) is 0 Å². The molecule has 0 aliphatic carbocycles. The first-order chi connectivity index (χ1) is 27.5. The van der Waals surface area contributed by atoms with Gasteiger partial charge in [0.2, 0.25) is 6.79 Å². The van der Waals surface area contributed by atoms with E-state index in [1.165, 1.54) is 18.7 Å². The molecule has 2 unspecified atom stereocenters. The first-order valence-corrected chi connectivity index (χ1v) is 20.2. The Morgan fingerprint density at radius 3 is 2.65 bits per heavy atom. The number of nitrogens with one attached hydrogen (secondary N) is 2. The largest absolute Gasteiger partial charge is 0.504 e. The van der Waals surface area contributed by atoms with Crippen LogP contribution in [0.2, 0.25) is 0 Å². The Morgan fingerprint density at radius 2 is 1.89 bits per heavy atom. The molecule has 0 saturated carbocycles. The van der Waals surface area contributed by atoms with Gasteiger partial charge in [0, 0.05) is 71.4 Å². The molecule has 12 rings (SSSR count). The van der Waals surface area contributed by atoms with Crippen LogP contribution in [0.3, 0.4) is 0 Å². The highest BCUT2D eigenvalue weighted by atomic mass is 32.2. The molecular formula is C42H43N5O9S. The number of ether oxygens (including phenoxy) is 6. The summed E-state index contributed by atoms with van der Waals surface area (Å²) in [5.74, 6) is 1.71. The first kappa shape index (κ1) is 36.2. The maximum atomic E-state index is 15.0. The highest BCUT2D eigenvalue weighted by molar-refractivity contribution is 7.99. The van der Waals surface area contributed by atoms with E-state index in [1.54, 1.807) is 14.2 Å². The van der Waals surface area contributed by atoms with Gasteiger partial charge in [-0.15, -0.1) is 11.8 Å². The van der Waals surface area contributed by atoms with Crippen molar-refractivity contribution in [3.8, 4) is 40.6 Å². The lowest BCUT2D eigenvalue weighted by atomic mass is 9.76. The third-order valence-electron chi connectivity index (χ3n) is 13.0. The number of H-pyrrole nitrogens is 1. The SMILES string of the molecule is COc1ccc2[nH]c3c(c2c1)CCN[C@]31CS[C@@H]2c3c(OC(C)=O)c(C)c4c(c3[C@H](COC1=O)N1[C@@H]2[C@@H]2c3c(cc(C)c(OC)c3O)CC1(C#N)CN2C)OCO4. The minimum absolute atomic E-state index is 0.0372. The number of aromatic amines is 1. The second-order valence-corrected chi connectivity index (χ2v) is 17.1. The third-order valence-corrected chi connectivity index (χ3v) is 14.5. The minimum atomic E-state index is -1.29. The van der Waals surface area contributed by atoms with Gasteiger partial charge in [0.25, 0.3) is 0 Å². The number of piperazine rings is 1. The van der Waals surface area contributed by atoms with Gasteiger partial charge in [0.15, 0.2) is 28.5 Å². The molecule has 3 aromatic carbocycles. The summed E-state index contributed by atoms with van der Waals surface area (Å²) in [6.45, 7) is 5.79. The molecule has 2 fully saturated rings. The molecule has 0 radical (unpaired) electrons. The van der Waals surface area contributed by atoms with Gasteiger partial charge in [0.05, 0.1) is 43.3 Å². The molecule has 3 N–H and O–H groups in total. The lowest BCUT2D eigenvalue weighted by Gasteiger charge is -2.60. The number of carbonyl (C=O) groups is 2. The highest BCUT2D eigenvalue weighted by Gasteiger charge is 2.64.